The number of aldehydes is 1. The van der Waals surface area contributed by atoms with E-state index in [1.54, 1.807) is 31.2 Å². The molecule has 0 spiro atoms. The Morgan fingerprint density at radius 2 is 1.96 bits per heavy atom. The molecule has 2 rings (SSSR count). The molecule has 1 aliphatic rings. The predicted octanol–water partition coefficient (Wildman–Crippen LogP) is 1.77. The summed E-state index contributed by atoms with van der Waals surface area (Å²) in [7, 11) is 1.23. The van der Waals surface area contributed by atoms with Crippen LogP contribution in [0.25, 0.3) is 0 Å². The molecule has 140 valence electrons. The van der Waals surface area contributed by atoms with Crippen molar-refractivity contribution in [1.29, 1.82) is 0 Å². The molecule has 0 aromatic heterocycles. The van der Waals surface area contributed by atoms with Gasteiger partial charge < -0.3 is 24.1 Å². The van der Waals surface area contributed by atoms with Crippen molar-refractivity contribution < 1.29 is 33.7 Å². The maximum Gasteiger partial charge on any atom is 0.337 e. The Morgan fingerprint density at radius 3 is 2.58 bits per heavy atom. The third-order valence-electron chi connectivity index (χ3n) is 4.37. The van der Waals surface area contributed by atoms with E-state index in [-0.39, 0.29) is 24.4 Å². The molecule has 1 aromatic carbocycles. The highest BCUT2D eigenvalue weighted by Gasteiger charge is 2.39. The molecule has 0 fully saturated rings. The summed E-state index contributed by atoms with van der Waals surface area (Å²) >= 11 is 0. The number of esters is 2. The molecule has 1 N–H and O–H groups in total. The molecule has 7 heteroatoms. The zero-order valence-corrected chi connectivity index (χ0v) is 14.7. The molecule has 1 unspecified atom stereocenters. The number of carbonyl (C=O) groups excluding carboxylic acids is 3. The summed E-state index contributed by atoms with van der Waals surface area (Å²) in [6.45, 7) is 1.86. The van der Waals surface area contributed by atoms with Gasteiger partial charge in [-0.25, -0.2) is 4.79 Å². The van der Waals surface area contributed by atoms with Crippen LogP contribution in [-0.2, 0) is 35.0 Å². The summed E-state index contributed by atoms with van der Waals surface area (Å²) < 4.78 is 15.2. The zero-order chi connectivity index (χ0) is 19.1. The zero-order valence-electron chi connectivity index (χ0n) is 14.7. The van der Waals surface area contributed by atoms with E-state index in [9.17, 15) is 19.5 Å². The monoisotopic (exact) mass is 362 g/mol. The number of rotatable bonds is 7. The summed E-state index contributed by atoms with van der Waals surface area (Å²) in [5, 5.41) is 9.25. The fourth-order valence-electron chi connectivity index (χ4n) is 2.85. The van der Waals surface area contributed by atoms with E-state index in [2.05, 4.69) is 0 Å². The van der Waals surface area contributed by atoms with E-state index < -0.39 is 29.9 Å². The van der Waals surface area contributed by atoms with Crippen LogP contribution in [0.4, 0.5) is 0 Å². The highest BCUT2D eigenvalue weighted by atomic mass is 16.5. The largest absolute Gasteiger partial charge is 0.508 e. The number of methoxy groups -OCH3 is 1. The van der Waals surface area contributed by atoms with Crippen LogP contribution >= 0.6 is 0 Å². The fraction of sp³-hybridized carbons (Fsp3) is 0.421. The third-order valence-corrected chi connectivity index (χ3v) is 4.37. The first-order valence-corrected chi connectivity index (χ1v) is 8.29. The molecule has 1 aromatic rings. The minimum absolute atomic E-state index is 0.117. The summed E-state index contributed by atoms with van der Waals surface area (Å²) in [6.07, 6.45) is 1.87. The first-order valence-electron chi connectivity index (χ1n) is 8.29. The second-order valence-corrected chi connectivity index (χ2v) is 6.07. The minimum atomic E-state index is -0.648. The van der Waals surface area contributed by atoms with Gasteiger partial charge in [0.25, 0.3) is 0 Å². The number of carbonyl (C=O) groups is 3. The molecule has 0 aliphatic carbocycles. The van der Waals surface area contributed by atoms with E-state index in [0.717, 1.165) is 5.56 Å². The van der Waals surface area contributed by atoms with E-state index in [1.165, 1.54) is 13.4 Å². The highest BCUT2D eigenvalue weighted by Crippen LogP contribution is 2.33. The predicted molar refractivity (Wildman–Crippen MR) is 91.1 cm³/mol. The van der Waals surface area contributed by atoms with E-state index in [1.807, 2.05) is 0 Å². The summed E-state index contributed by atoms with van der Waals surface area (Å²) in [6, 6.07) is 6.60. The van der Waals surface area contributed by atoms with Gasteiger partial charge >= 0.3 is 11.9 Å². The van der Waals surface area contributed by atoms with Gasteiger partial charge in [-0.05, 0) is 24.6 Å². The lowest BCUT2D eigenvalue weighted by Crippen LogP contribution is -2.37. The quantitative estimate of drug-likeness (QED) is 0.583. The van der Waals surface area contributed by atoms with Crippen molar-refractivity contribution in [2.45, 2.75) is 25.9 Å². The second-order valence-electron chi connectivity index (χ2n) is 6.07. The Bertz CT molecular complexity index is 678. The van der Waals surface area contributed by atoms with Crippen LogP contribution in [0, 0.1) is 11.8 Å². The lowest BCUT2D eigenvalue weighted by atomic mass is 9.80. The SMILES string of the molecule is COC(=O)C1=CO[C@@H](C)C(C=O)[C@@H]1CC(=O)OCCc1ccc(O)cc1. The van der Waals surface area contributed by atoms with Gasteiger partial charge in [0, 0.05) is 12.3 Å². The lowest BCUT2D eigenvalue weighted by molar-refractivity contribution is -0.146. The molecule has 26 heavy (non-hydrogen) atoms. The molecule has 1 aliphatic heterocycles. The first kappa shape index (κ1) is 19.5. The Hall–Kier alpha value is -2.83. The number of hydrogen-bond acceptors (Lipinski definition) is 7. The molecular weight excluding hydrogens is 340 g/mol. The van der Waals surface area contributed by atoms with Gasteiger partial charge in [0.15, 0.2) is 0 Å². The second kappa shape index (κ2) is 9.03. The Labute approximate surface area is 151 Å². The van der Waals surface area contributed by atoms with Gasteiger partial charge in [-0.15, -0.1) is 0 Å². The maximum absolute atomic E-state index is 12.2. The van der Waals surface area contributed by atoms with Gasteiger partial charge in [-0.1, -0.05) is 12.1 Å². The summed E-state index contributed by atoms with van der Waals surface area (Å²) in [4.78, 5) is 35.5. The summed E-state index contributed by atoms with van der Waals surface area (Å²) in [5.41, 5.74) is 1.06. The topological polar surface area (TPSA) is 99.1 Å². The number of aromatic hydroxyl groups is 1. The summed E-state index contributed by atoms with van der Waals surface area (Å²) in [5.74, 6) is -2.26. The average Bonchev–Trinajstić information content (AvgIpc) is 2.63. The van der Waals surface area contributed by atoms with Crippen molar-refractivity contribution in [1.82, 2.24) is 0 Å². The van der Waals surface area contributed by atoms with E-state index >= 15 is 0 Å². The third kappa shape index (κ3) is 4.84. The molecule has 0 saturated carbocycles. The average molecular weight is 362 g/mol. The van der Waals surface area contributed by atoms with Crippen LogP contribution in [0.15, 0.2) is 36.1 Å². The van der Waals surface area contributed by atoms with E-state index in [4.69, 9.17) is 14.2 Å². The fourth-order valence-corrected chi connectivity index (χ4v) is 2.85. The van der Waals surface area contributed by atoms with Crippen LogP contribution in [-0.4, -0.2) is 43.2 Å². The van der Waals surface area contributed by atoms with Crippen molar-refractivity contribution >= 4 is 18.2 Å². The number of hydrogen-bond donors (Lipinski definition) is 1. The van der Waals surface area contributed by atoms with Crippen LogP contribution in [0.3, 0.4) is 0 Å². The van der Waals surface area contributed by atoms with Crippen LogP contribution < -0.4 is 0 Å². The smallest absolute Gasteiger partial charge is 0.337 e. The molecule has 7 nitrogen and oxygen atoms in total. The van der Waals surface area contributed by atoms with Crippen molar-refractivity contribution in [3.8, 4) is 5.75 Å². The van der Waals surface area contributed by atoms with Gasteiger partial charge in [-0.3, -0.25) is 4.79 Å². The van der Waals surface area contributed by atoms with Crippen molar-refractivity contribution in [3.63, 3.8) is 0 Å². The van der Waals surface area contributed by atoms with Gasteiger partial charge in [0.1, 0.15) is 18.1 Å². The molecule has 0 radical (unpaired) electrons. The van der Waals surface area contributed by atoms with Gasteiger partial charge in [0.2, 0.25) is 0 Å². The van der Waals surface area contributed by atoms with Crippen LogP contribution in [0.2, 0.25) is 0 Å². The Kier molecular flexibility index (Phi) is 6.77. The lowest BCUT2D eigenvalue weighted by Gasteiger charge is -2.32. The molecule has 0 saturated heterocycles. The first-order chi connectivity index (χ1) is 12.5. The Balaban J connectivity index is 1.96. The van der Waals surface area contributed by atoms with Gasteiger partial charge in [-0.2, -0.15) is 0 Å². The van der Waals surface area contributed by atoms with Crippen molar-refractivity contribution in [3.05, 3.63) is 41.7 Å². The molecule has 0 amide bonds. The van der Waals surface area contributed by atoms with Crippen molar-refractivity contribution in [2.24, 2.45) is 11.8 Å². The van der Waals surface area contributed by atoms with Crippen molar-refractivity contribution in [2.75, 3.05) is 13.7 Å². The van der Waals surface area contributed by atoms with Gasteiger partial charge in [0.05, 0.1) is 37.9 Å². The standard InChI is InChI=1S/C19H22O7/c1-12-16(10-20)15(17(11-26-12)19(23)24-2)9-18(22)25-8-7-13-3-5-14(21)6-4-13/h3-6,10-12,15-16,21H,7-9H2,1-2H3/t12-,15-,16?/m0/s1. The normalized spacial score (nSPS) is 21.9. The molecular formula is C19H22O7. The number of benzene rings is 1. The maximum atomic E-state index is 12.2. The Morgan fingerprint density at radius 1 is 1.27 bits per heavy atom. The molecule has 0 bridgehead atoms. The van der Waals surface area contributed by atoms with Crippen LogP contribution in [0.5, 0.6) is 5.75 Å². The van der Waals surface area contributed by atoms with Crippen LogP contribution in [0.1, 0.15) is 18.9 Å². The number of phenolic OH excluding ortho intramolecular Hbond substituents is 1. The molecule has 1 heterocycles. The number of ether oxygens (including phenoxy) is 3. The van der Waals surface area contributed by atoms with E-state index in [0.29, 0.717) is 12.7 Å². The highest BCUT2D eigenvalue weighted by molar-refractivity contribution is 5.90. The minimum Gasteiger partial charge on any atom is -0.508 e. The molecule has 3 atom stereocenters. The number of phenols is 1.